The second kappa shape index (κ2) is 7.17. The molecule has 0 N–H and O–H groups in total. The molecule has 2 nitrogen and oxygen atoms in total. The van der Waals surface area contributed by atoms with Crippen molar-refractivity contribution in [1.29, 1.82) is 5.26 Å². The van der Waals surface area contributed by atoms with Gasteiger partial charge in [0.05, 0.1) is 11.3 Å². The minimum atomic E-state index is 0.853. The Morgan fingerprint density at radius 1 is 0.750 bits per heavy atom. The van der Waals surface area contributed by atoms with Crippen molar-refractivity contribution >= 4 is 5.69 Å². The predicted octanol–water partition coefficient (Wildman–Crippen LogP) is 5.98. The second-order valence-electron chi connectivity index (χ2n) is 7.86. The number of nitrogens with zero attached hydrogens (tertiary/aromatic N) is 2. The summed E-state index contributed by atoms with van der Waals surface area (Å²) >= 11 is 0. The van der Waals surface area contributed by atoms with E-state index in [2.05, 4.69) is 65.6 Å². The van der Waals surface area contributed by atoms with Crippen molar-refractivity contribution in [2.75, 3.05) is 18.0 Å². The van der Waals surface area contributed by atoms with E-state index in [-0.39, 0.29) is 0 Å². The van der Waals surface area contributed by atoms with Crippen molar-refractivity contribution in [2.45, 2.75) is 32.1 Å². The largest absolute Gasteiger partial charge is 0.370 e. The minimum Gasteiger partial charge on any atom is -0.370 e. The van der Waals surface area contributed by atoms with Crippen molar-refractivity contribution < 1.29 is 0 Å². The van der Waals surface area contributed by atoms with Gasteiger partial charge in [-0.2, -0.15) is 5.26 Å². The summed E-state index contributed by atoms with van der Waals surface area (Å²) in [6.45, 7) is 2.11. The standard InChI is InChI=1S/C26H24N2/c27-18-25-23(19-9-3-1-4-10-19)17-24-21-12-6-5-11-20(21)13-14-22(24)26(25)28-15-7-2-8-16-28/h1,3-6,9-12,17H,2,7-8,13-16H2. The van der Waals surface area contributed by atoms with Crippen LogP contribution in [-0.4, -0.2) is 13.1 Å². The summed E-state index contributed by atoms with van der Waals surface area (Å²) in [6, 6.07) is 24.0. The van der Waals surface area contributed by atoms with E-state index >= 15 is 0 Å². The number of fused-ring (bicyclic) bond motifs is 3. The van der Waals surface area contributed by atoms with E-state index in [0.717, 1.165) is 42.6 Å². The maximum atomic E-state index is 10.2. The number of anilines is 1. The molecule has 0 amide bonds. The van der Waals surface area contributed by atoms with Crippen LogP contribution in [0.2, 0.25) is 0 Å². The number of hydrogen-bond acceptors (Lipinski definition) is 2. The lowest BCUT2D eigenvalue weighted by Crippen LogP contribution is -2.31. The molecular formula is C26H24N2. The molecule has 2 heteroatoms. The van der Waals surface area contributed by atoms with Crippen molar-refractivity contribution in [3.8, 4) is 28.3 Å². The van der Waals surface area contributed by atoms with Gasteiger partial charge in [0.1, 0.15) is 6.07 Å². The molecule has 0 atom stereocenters. The average molecular weight is 364 g/mol. The van der Waals surface area contributed by atoms with Crippen molar-refractivity contribution in [2.24, 2.45) is 0 Å². The molecule has 0 spiro atoms. The van der Waals surface area contributed by atoms with Gasteiger partial charge < -0.3 is 4.90 Å². The predicted molar refractivity (Wildman–Crippen MR) is 116 cm³/mol. The number of benzene rings is 3. The fourth-order valence-corrected chi connectivity index (χ4v) is 4.89. The summed E-state index contributed by atoms with van der Waals surface area (Å²) in [6.07, 6.45) is 5.79. The molecule has 1 saturated heterocycles. The molecule has 3 aromatic rings. The van der Waals surface area contributed by atoms with Gasteiger partial charge in [-0.3, -0.25) is 0 Å². The number of rotatable bonds is 2. The number of nitriles is 1. The third-order valence-electron chi connectivity index (χ3n) is 6.23. The third kappa shape index (κ3) is 2.79. The Labute approximate surface area is 167 Å². The van der Waals surface area contributed by atoms with Gasteiger partial charge in [-0.25, -0.2) is 0 Å². The molecule has 1 fully saturated rings. The first-order chi connectivity index (χ1) is 13.9. The fraction of sp³-hybridized carbons (Fsp3) is 0.269. The van der Waals surface area contributed by atoms with E-state index in [9.17, 15) is 5.26 Å². The normalized spacial score (nSPS) is 15.5. The summed E-state index contributed by atoms with van der Waals surface area (Å²) in [5.41, 5.74) is 9.70. The highest BCUT2D eigenvalue weighted by Crippen LogP contribution is 2.45. The quantitative estimate of drug-likeness (QED) is 0.559. The van der Waals surface area contributed by atoms with Crippen molar-refractivity contribution in [3.63, 3.8) is 0 Å². The van der Waals surface area contributed by atoms with Gasteiger partial charge in [0.15, 0.2) is 0 Å². The van der Waals surface area contributed by atoms with Gasteiger partial charge >= 0.3 is 0 Å². The summed E-state index contributed by atoms with van der Waals surface area (Å²) in [5, 5.41) is 10.2. The zero-order valence-corrected chi connectivity index (χ0v) is 16.1. The van der Waals surface area contributed by atoms with E-state index in [1.54, 1.807) is 0 Å². The smallest absolute Gasteiger partial charge is 0.102 e. The SMILES string of the molecule is N#Cc1c(-c2ccccc2)cc2c(c1N1CCCCC1)CCc1ccccc1-2. The Kier molecular flexibility index (Phi) is 4.37. The maximum Gasteiger partial charge on any atom is 0.102 e. The number of piperidine rings is 1. The molecule has 3 aromatic carbocycles. The van der Waals surface area contributed by atoms with Gasteiger partial charge in [0.2, 0.25) is 0 Å². The van der Waals surface area contributed by atoms with Crippen molar-refractivity contribution in [1.82, 2.24) is 0 Å². The number of hydrogen-bond donors (Lipinski definition) is 0. The van der Waals surface area contributed by atoms with Crippen LogP contribution in [0, 0.1) is 11.3 Å². The molecule has 1 aliphatic heterocycles. The van der Waals surface area contributed by atoms with Crippen LogP contribution in [0.15, 0.2) is 60.7 Å². The number of aryl methyl sites for hydroxylation is 1. The van der Waals surface area contributed by atoms with Gasteiger partial charge in [0, 0.05) is 18.7 Å². The first kappa shape index (κ1) is 17.1. The fourth-order valence-electron chi connectivity index (χ4n) is 4.89. The summed E-state index contributed by atoms with van der Waals surface area (Å²) in [5.74, 6) is 0. The van der Waals surface area contributed by atoms with Gasteiger partial charge in [-0.05, 0) is 66.0 Å². The lowest BCUT2D eigenvalue weighted by Gasteiger charge is -2.35. The zero-order chi connectivity index (χ0) is 18.9. The van der Waals surface area contributed by atoms with Gasteiger partial charge in [0.25, 0.3) is 0 Å². The van der Waals surface area contributed by atoms with Crippen LogP contribution in [0.25, 0.3) is 22.3 Å². The monoisotopic (exact) mass is 364 g/mol. The molecule has 5 rings (SSSR count). The minimum absolute atomic E-state index is 0.853. The molecule has 0 unspecified atom stereocenters. The Morgan fingerprint density at radius 2 is 1.50 bits per heavy atom. The van der Waals surface area contributed by atoms with E-state index in [1.165, 1.54) is 47.2 Å². The van der Waals surface area contributed by atoms with Crippen molar-refractivity contribution in [3.05, 3.63) is 77.4 Å². The molecule has 1 aliphatic carbocycles. The first-order valence-corrected chi connectivity index (χ1v) is 10.4. The Morgan fingerprint density at radius 3 is 2.29 bits per heavy atom. The van der Waals surface area contributed by atoms with Crippen LogP contribution in [0.1, 0.15) is 36.0 Å². The molecule has 28 heavy (non-hydrogen) atoms. The van der Waals surface area contributed by atoms with Gasteiger partial charge in [-0.15, -0.1) is 0 Å². The van der Waals surface area contributed by atoms with Gasteiger partial charge in [-0.1, -0.05) is 54.6 Å². The molecule has 1 heterocycles. The summed E-state index contributed by atoms with van der Waals surface area (Å²) < 4.78 is 0. The summed E-state index contributed by atoms with van der Waals surface area (Å²) in [7, 11) is 0. The van der Waals surface area contributed by atoms with Crippen LogP contribution in [0.3, 0.4) is 0 Å². The Bertz CT molecular complexity index is 1050. The third-order valence-corrected chi connectivity index (χ3v) is 6.23. The second-order valence-corrected chi connectivity index (χ2v) is 7.86. The van der Waals surface area contributed by atoms with E-state index in [0.29, 0.717) is 0 Å². The molecule has 2 aliphatic rings. The summed E-state index contributed by atoms with van der Waals surface area (Å²) in [4.78, 5) is 2.49. The highest BCUT2D eigenvalue weighted by Gasteiger charge is 2.27. The Hall–Kier alpha value is -3.05. The Balaban J connectivity index is 1.81. The topological polar surface area (TPSA) is 27.0 Å². The molecular weight excluding hydrogens is 340 g/mol. The molecule has 0 saturated carbocycles. The molecule has 0 bridgehead atoms. The highest BCUT2D eigenvalue weighted by molar-refractivity contribution is 5.90. The molecule has 0 radical (unpaired) electrons. The van der Waals surface area contributed by atoms with E-state index < -0.39 is 0 Å². The zero-order valence-electron chi connectivity index (χ0n) is 16.1. The maximum absolute atomic E-state index is 10.2. The lowest BCUT2D eigenvalue weighted by molar-refractivity contribution is 0.576. The van der Waals surface area contributed by atoms with Crippen LogP contribution in [0.4, 0.5) is 5.69 Å². The van der Waals surface area contributed by atoms with Crippen LogP contribution in [0.5, 0.6) is 0 Å². The molecule has 0 aromatic heterocycles. The average Bonchev–Trinajstić information content (AvgIpc) is 2.78. The van der Waals surface area contributed by atoms with E-state index in [4.69, 9.17) is 0 Å². The van der Waals surface area contributed by atoms with Crippen LogP contribution < -0.4 is 4.90 Å². The molecule has 138 valence electrons. The lowest BCUT2D eigenvalue weighted by atomic mass is 9.80. The van der Waals surface area contributed by atoms with Crippen LogP contribution >= 0.6 is 0 Å². The van der Waals surface area contributed by atoms with E-state index in [1.807, 2.05) is 6.07 Å². The highest BCUT2D eigenvalue weighted by atomic mass is 15.1. The first-order valence-electron chi connectivity index (χ1n) is 10.4. The van der Waals surface area contributed by atoms with Crippen LogP contribution in [-0.2, 0) is 12.8 Å².